The van der Waals surface area contributed by atoms with E-state index in [0.717, 1.165) is 43.3 Å². The van der Waals surface area contributed by atoms with Crippen molar-refractivity contribution in [2.24, 2.45) is 5.73 Å². The number of likely N-dealkylation sites (tertiary alicyclic amines) is 1. The Morgan fingerprint density at radius 2 is 2.33 bits per heavy atom. The molecular weight excluding hydrogens is 368 g/mol. The van der Waals surface area contributed by atoms with Gasteiger partial charge in [-0.3, -0.25) is 15.8 Å². The number of nitrogens with two attached hydrogens (primary N) is 1. The van der Waals surface area contributed by atoms with Crippen LogP contribution in [0.2, 0.25) is 0 Å². The molecule has 0 bridgehead atoms. The lowest BCUT2D eigenvalue weighted by Crippen LogP contribution is -2.38. The second-order valence-electron chi connectivity index (χ2n) is 6.45. The number of halogens is 2. The van der Waals surface area contributed by atoms with Crippen LogP contribution in [-0.2, 0) is 0 Å². The summed E-state index contributed by atoms with van der Waals surface area (Å²) in [6, 6.07) is 4.88. The summed E-state index contributed by atoms with van der Waals surface area (Å²) in [7, 11) is 0. The molecule has 4 N–H and O–H groups in total. The first-order chi connectivity index (χ1) is 12.9. The number of alkyl halides is 1. The number of hydrazine groups is 1. The van der Waals surface area contributed by atoms with Crippen molar-refractivity contribution in [3.63, 3.8) is 0 Å². The van der Waals surface area contributed by atoms with Gasteiger partial charge < -0.3 is 5.73 Å². The van der Waals surface area contributed by atoms with Gasteiger partial charge in [-0.05, 0) is 43.6 Å². The fourth-order valence-corrected chi connectivity index (χ4v) is 3.21. The van der Waals surface area contributed by atoms with Crippen LogP contribution in [0.1, 0.15) is 26.2 Å². The summed E-state index contributed by atoms with van der Waals surface area (Å²) in [4.78, 5) is 2.32. The smallest absolute Gasteiger partial charge is 0.133 e. The molecule has 148 valence electrons. The molecule has 0 aromatic rings. The van der Waals surface area contributed by atoms with Crippen LogP contribution in [0.5, 0.6) is 0 Å². The van der Waals surface area contributed by atoms with Crippen LogP contribution in [0.25, 0.3) is 0 Å². The fourth-order valence-electron chi connectivity index (χ4n) is 2.83. The first-order valence-electron chi connectivity index (χ1n) is 8.78. The van der Waals surface area contributed by atoms with Crippen LogP contribution in [0, 0.1) is 23.8 Å². The van der Waals surface area contributed by atoms with E-state index in [1.54, 1.807) is 0 Å². The lowest BCUT2D eigenvalue weighted by atomic mass is 10.1. The SMILES string of the molecule is C#CNN/C(C#N)=C1\CCN(C(CS)CC(C)N)C1.FC1=CCC(F)C=C1. The Balaban J connectivity index is 0.000000377. The maximum absolute atomic E-state index is 12.1. The molecule has 8 heteroatoms. The number of hydrogen-bond acceptors (Lipinski definition) is 6. The van der Waals surface area contributed by atoms with E-state index in [1.807, 2.05) is 6.92 Å². The molecule has 5 nitrogen and oxygen atoms in total. The van der Waals surface area contributed by atoms with Crippen LogP contribution in [0.3, 0.4) is 0 Å². The summed E-state index contributed by atoms with van der Waals surface area (Å²) >= 11 is 4.39. The highest BCUT2D eigenvalue weighted by Gasteiger charge is 2.26. The third-order valence-electron chi connectivity index (χ3n) is 4.19. The van der Waals surface area contributed by atoms with Gasteiger partial charge in [0.05, 0.1) is 0 Å². The summed E-state index contributed by atoms with van der Waals surface area (Å²) < 4.78 is 24.0. The third kappa shape index (κ3) is 8.49. The predicted molar refractivity (Wildman–Crippen MR) is 108 cm³/mol. The van der Waals surface area contributed by atoms with Crippen molar-refractivity contribution in [3.05, 3.63) is 35.3 Å². The minimum absolute atomic E-state index is 0.154. The average Bonchev–Trinajstić information content (AvgIpc) is 3.13. The highest BCUT2D eigenvalue weighted by molar-refractivity contribution is 7.80. The maximum atomic E-state index is 12.1. The normalized spacial score (nSPS) is 23.1. The van der Waals surface area contributed by atoms with E-state index in [2.05, 4.69) is 40.5 Å². The molecule has 3 unspecified atom stereocenters. The largest absolute Gasteiger partial charge is 0.328 e. The predicted octanol–water partition coefficient (Wildman–Crippen LogP) is 2.33. The molecule has 3 atom stereocenters. The van der Waals surface area contributed by atoms with Crippen molar-refractivity contribution >= 4 is 12.6 Å². The summed E-state index contributed by atoms with van der Waals surface area (Å²) in [5.74, 6) is 0.436. The van der Waals surface area contributed by atoms with E-state index >= 15 is 0 Å². The van der Waals surface area contributed by atoms with Gasteiger partial charge >= 0.3 is 0 Å². The van der Waals surface area contributed by atoms with Crippen molar-refractivity contribution in [1.82, 2.24) is 15.8 Å². The molecule has 1 aliphatic carbocycles. The molecular formula is C19H27F2N5S. The van der Waals surface area contributed by atoms with Crippen LogP contribution in [0.15, 0.2) is 35.3 Å². The zero-order chi connectivity index (χ0) is 20.2. The molecule has 0 aromatic carbocycles. The van der Waals surface area contributed by atoms with Gasteiger partial charge in [-0.2, -0.15) is 17.9 Å². The van der Waals surface area contributed by atoms with Crippen LogP contribution in [-0.4, -0.2) is 42.0 Å². The number of allylic oxidation sites excluding steroid dienone is 5. The molecule has 0 amide bonds. The molecule has 0 aromatic heterocycles. The monoisotopic (exact) mass is 395 g/mol. The van der Waals surface area contributed by atoms with Gasteiger partial charge in [0, 0.05) is 43.4 Å². The van der Waals surface area contributed by atoms with Gasteiger partial charge in [-0.15, -0.1) is 0 Å². The zero-order valence-electron chi connectivity index (χ0n) is 15.5. The molecule has 1 fully saturated rings. The minimum atomic E-state index is -0.977. The van der Waals surface area contributed by atoms with Crippen molar-refractivity contribution in [2.45, 2.75) is 44.4 Å². The van der Waals surface area contributed by atoms with Gasteiger partial charge in [0.2, 0.25) is 0 Å². The Morgan fingerprint density at radius 3 is 2.81 bits per heavy atom. The Kier molecular flexibility index (Phi) is 10.6. The fraction of sp³-hybridized carbons (Fsp3) is 0.526. The van der Waals surface area contributed by atoms with Crippen LogP contribution >= 0.6 is 12.6 Å². The van der Waals surface area contributed by atoms with Crippen LogP contribution in [0.4, 0.5) is 8.78 Å². The Bertz CT molecular complexity index is 645. The Hall–Kier alpha value is -2.00. The van der Waals surface area contributed by atoms with Gasteiger partial charge in [0.15, 0.2) is 0 Å². The minimum Gasteiger partial charge on any atom is -0.328 e. The number of thiol groups is 1. The highest BCUT2D eigenvalue weighted by Crippen LogP contribution is 2.22. The number of nitriles is 1. The maximum Gasteiger partial charge on any atom is 0.133 e. The Labute approximate surface area is 165 Å². The van der Waals surface area contributed by atoms with E-state index < -0.39 is 6.17 Å². The standard InChI is InChI=1S/C13H21N5S.C6H6F2/c1-3-16-17-13(7-14)11-4-5-18(8-11)12(9-19)6-10(2)15;7-5-1-2-6(8)4-3-5/h1,10,12,16-17,19H,4-6,8-9,15H2,2H3;1-3,6H,4H2/b13-11+;. The van der Waals surface area contributed by atoms with E-state index in [9.17, 15) is 8.78 Å². The summed E-state index contributed by atoms with van der Waals surface area (Å²) in [6.45, 7) is 3.69. The van der Waals surface area contributed by atoms with Gasteiger partial charge in [0.1, 0.15) is 23.8 Å². The number of nitrogens with one attached hydrogen (secondary N) is 2. The molecule has 1 aliphatic heterocycles. The first kappa shape index (κ1) is 23.0. The van der Waals surface area contributed by atoms with Crippen molar-refractivity contribution in [2.75, 3.05) is 18.8 Å². The van der Waals surface area contributed by atoms with Crippen molar-refractivity contribution in [3.8, 4) is 18.5 Å². The highest BCUT2D eigenvalue weighted by atomic mass is 32.1. The number of terminal acetylenes is 1. The van der Waals surface area contributed by atoms with Gasteiger partial charge in [-0.25, -0.2) is 8.78 Å². The van der Waals surface area contributed by atoms with Gasteiger partial charge in [-0.1, -0.05) is 6.42 Å². The average molecular weight is 396 g/mol. The van der Waals surface area contributed by atoms with Crippen LogP contribution < -0.4 is 16.6 Å². The summed E-state index contributed by atoms with van der Waals surface area (Å²) in [5, 5.41) is 9.11. The number of nitrogens with zero attached hydrogens (tertiary/aromatic N) is 2. The quantitative estimate of drug-likeness (QED) is 0.183. The van der Waals surface area contributed by atoms with Gasteiger partial charge in [0.25, 0.3) is 0 Å². The second kappa shape index (κ2) is 12.4. The second-order valence-corrected chi connectivity index (χ2v) is 6.82. The summed E-state index contributed by atoms with van der Waals surface area (Å²) in [5.41, 5.74) is 12.7. The molecule has 0 saturated carbocycles. The van der Waals surface area contributed by atoms with E-state index in [0.29, 0.717) is 11.7 Å². The molecule has 0 spiro atoms. The van der Waals surface area contributed by atoms with E-state index in [-0.39, 0.29) is 18.3 Å². The molecule has 1 saturated heterocycles. The first-order valence-corrected chi connectivity index (χ1v) is 9.41. The number of rotatable bonds is 6. The van der Waals surface area contributed by atoms with Crippen molar-refractivity contribution in [1.29, 1.82) is 5.26 Å². The molecule has 0 radical (unpaired) electrons. The zero-order valence-corrected chi connectivity index (χ0v) is 16.4. The Morgan fingerprint density at radius 1 is 1.59 bits per heavy atom. The topological polar surface area (TPSA) is 77.1 Å². The lowest BCUT2D eigenvalue weighted by Gasteiger charge is -2.27. The summed E-state index contributed by atoms with van der Waals surface area (Å²) in [6.07, 6.45) is 9.68. The lowest BCUT2D eigenvalue weighted by molar-refractivity contribution is 0.247. The molecule has 2 aliphatic rings. The number of hydrogen-bond donors (Lipinski definition) is 4. The molecule has 27 heavy (non-hydrogen) atoms. The van der Waals surface area contributed by atoms with E-state index in [4.69, 9.17) is 17.4 Å². The molecule has 2 rings (SSSR count). The van der Waals surface area contributed by atoms with Crippen molar-refractivity contribution < 1.29 is 8.78 Å². The third-order valence-corrected chi connectivity index (χ3v) is 4.61. The van der Waals surface area contributed by atoms with E-state index in [1.165, 1.54) is 12.2 Å². The molecule has 1 heterocycles.